The van der Waals surface area contributed by atoms with Gasteiger partial charge < -0.3 is 10.6 Å². The Kier molecular flexibility index (Phi) is 2.39. The Morgan fingerprint density at radius 3 is 2.21 bits per heavy atom. The molecule has 0 radical (unpaired) electrons. The Labute approximate surface area is 87.8 Å². The van der Waals surface area contributed by atoms with Crippen molar-refractivity contribution in [3.63, 3.8) is 0 Å². The molecule has 0 amide bonds. The predicted octanol–water partition coefficient (Wildman–Crippen LogP) is 1.85. The van der Waals surface area contributed by atoms with Crippen molar-refractivity contribution in [1.29, 1.82) is 0 Å². The van der Waals surface area contributed by atoms with E-state index in [2.05, 4.69) is 25.7 Å². The molecule has 2 N–H and O–H groups in total. The van der Waals surface area contributed by atoms with Gasteiger partial charge in [-0.15, -0.1) is 0 Å². The predicted molar refractivity (Wildman–Crippen MR) is 60.2 cm³/mol. The zero-order chi connectivity index (χ0) is 10.4. The lowest BCUT2D eigenvalue weighted by molar-refractivity contribution is -0.00242. The van der Waals surface area contributed by atoms with E-state index in [-0.39, 0.29) is 5.54 Å². The summed E-state index contributed by atoms with van der Waals surface area (Å²) in [6, 6.07) is 0. The van der Waals surface area contributed by atoms with E-state index in [1.165, 1.54) is 32.4 Å². The van der Waals surface area contributed by atoms with Gasteiger partial charge in [-0.3, -0.25) is 0 Å². The quantitative estimate of drug-likeness (QED) is 0.730. The van der Waals surface area contributed by atoms with Crippen LogP contribution < -0.4 is 5.73 Å². The molecule has 2 nitrogen and oxygen atoms in total. The maximum Gasteiger partial charge on any atom is 0.0283 e. The van der Waals surface area contributed by atoms with Crippen LogP contribution in [0.25, 0.3) is 0 Å². The zero-order valence-corrected chi connectivity index (χ0v) is 9.84. The molecule has 0 aromatic heterocycles. The third-order valence-corrected chi connectivity index (χ3v) is 4.07. The van der Waals surface area contributed by atoms with Crippen LogP contribution in [0, 0.1) is 11.3 Å². The lowest BCUT2D eigenvalue weighted by atomic mass is 9.73. The molecule has 0 aromatic carbocycles. The molecule has 2 heteroatoms. The third-order valence-electron chi connectivity index (χ3n) is 4.07. The normalized spacial score (nSPS) is 28.3. The number of nitrogens with zero attached hydrogens (tertiary/aromatic N) is 1. The minimum atomic E-state index is 0.183. The summed E-state index contributed by atoms with van der Waals surface area (Å²) in [5.74, 6) is 0.881. The van der Waals surface area contributed by atoms with Crippen LogP contribution in [0.15, 0.2) is 0 Å². The largest absolute Gasteiger partial charge is 0.324 e. The summed E-state index contributed by atoms with van der Waals surface area (Å²) in [6.07, 6.45) is 3.82. The van der Waals surface area contributed by atoms with Gasteiger partial charge in [0, 0.05) is 25.2 Å². The maximum atomic E-state index is 6.23. The Balaban J connectivity index is 1.73. The summed E-state index contributed by atoms with van der Waals surface area (Å²) >= 11 is 0. The van der Waals surface area contributed by atoms with Gasteiger partial charge in [0.25, 0.3) is 0 Å². The molecule has 0 aromatic rings. The number of hydrogen-bond donors (Lipinski definition) is 1. The van der Waals surface area contributed by atoms with Gasteiger partial charge in [0.2, 0.25) is 0 Å². The highest BCUT2D eigenvalue weighted by molar-refractivity contribution is 4.99. The fourth-order valence-electron chi connectivity index (χ4n) is 2.48. The van der Waals surface area contributed by atoms with Gasteiger partial charge in [-0.2, -0.15) is 0 Å². The number of nitrogens with two attached hydrogens (primary N) is 1. The van der Waals surface area contributed by atoms with Crippen LogP contribution >= 0.6 is 0 Å². The summed E-state index contributed by atoms with van der Waals surface area (Å²) in [5.41, 5.74) is 6.89. The van der Waals surface area contributed by atoms with Crippen molar-refractivity contribution >= 4 is 0 Å². The number of rotatable bonds is 2. The highest BCUT2D eigenvalue weighted by Gasteiger charge is 2.41. The molecule has 0 unspecified atom stereocenters. The van der Waals surface area contributed by atoms with Crippen molar-refractivity contribution in [2.45, 2.75) is 45.6 Å². The summed E-state index contributed by atoms with van der Waals surface area (Å²) in [4.78, 5) is 2.54. The van der Waals surface area contributed by atoms with Crippen LogP contribution in [-0.4, -0.2) is 30.1 Å². The van der Waals surface area contributed by atoms with Crippen LogP contribution in [0.1, 0.15) is 40.0 Å². The molecule has 2 rings (SSSR count). The topological polar surface area (TPSA) is 29.3 Å². The second-order valence-corrected chi connectivity index (χ2v) is 6.47. The minimum Gasteiger partial charge on any atom is -0.324 e. The average Bonchev–Trinajstić information content (AvgIpc) is 1.89. The van der Waals surface area contributed by atoms with E-state index < -0.39 is 0 Å². The van der Waals surface area contributed by atoms with Crippen LogP contribution in [0.4, 0.5) is 0 Å². The lowest BCUT2D eigenvalue weighted by Gasteiger charge is -2.51. The molecule has 0 atom stereocenters. The van der Waals surface area contributed by atoms with Crippen molar-refractivity contribution < 1.29 is 0 Å². The first-order chi connectivity index (χ1) is 6.39. The van der Waals surface area contributed by atoms with Gasteiger partial charge in [0.15, 0.2) is 0 Å². The second kappa shape index (κ2) is 3.21. The number of likely N-dealkylation sites (tertiary alicyclic amines) is 1. The standard InChI is InChI=1S/C12H24N2/c1-11(2,3)10-7-14(8-10)9-12(13)5-4-6-12/h10H,4-9,13H2,1-3H3. The molecule has 1 heterocycles. The molecule has 0 bridgehead atoms. The van der Waals surface area contributed by atoms with E-state index in [0.717, 1.165) is 12.5 Å². The van der Waals surface area contributed by atoms with Crippen molar-refractivity contribution in [3.05, 3.63) is 0 Å². The van der Waals surface area contributed by atoms with E-state index in [9.17, 15) is 0 Å². The van der Waals surface area contributed by atoms with E-state index in [1.54, 1.807) is 0 Å². The van der Waals surface area contributed by atoms with Crippen LogP contribution in [0.2, 0.25) is 0 Å². The molecular formula is C12H24N2. The summed E-state index contributed by atoms with van der Waals surface area (Å²) in [6.45, 7) is 10.7. The van der Waals surface area contributed by atoms with Gasteiger partial charge >= 0.3 is 0 Å². The molecule has 1 aliphatic carbocycles. The molecule has 1 saturated heterocycles. The molecular weight excluding hydrogens is 172 g/mol. The fourth-order valence-corrected chi connectivity index (χ4v) is 2.48. The van der Waals surface area contributed by atoms with E-state index in [0.29, 0.717) is 5.41 Å². The molecule has 14 heavy (non-hydrogen) atoms. The van der Waals surface area contributed by atoms with Gasteiger partial charge in [0.05, 0.1) is 0 Å². The van der Waals surface area contributed by atoms with Crippen molar-refractivity contribution in [1.82, 2.24) is 4.90 Å². The summed E-state index contributed by atoms with van der Waals surface area (Å²) in [7, 11) is 0. The highest BCUT2D eigenvalue weighted by Crippen LogP contribution is 2.37. The minimum absolute atomic E-state index is 0.183. The van der Waals surface area contributed by atoms with E-state index in [1.807, 2.05) is 0 Å². The van der Waals surface area contributed by atoms with Gasteiger partial charge in [-0.25, -0.2) is 0 Å². The molecule has 2 fully saturated rings. The Hall–Kier alpha value is -0.0800. The molecule has 82 valence electrons. The van der Waals surface area contributed by atoms with Crippen molar-refractivity contribution in [2.75, 3.05) is 19.6 Å². The highest BCUT2D eigenvalue weighted by atomic mass is 15.2. The van der Waals surface area contributed by atoms with Crippen LogP contribution in [0.3, 0.4) is 0 Å². The SMILES string of the molecule is CC(C)(C)C1CN(CC2(N)CCC2)C1. The molecule has 2 aliphatic rings. The number of hydrogen-bond acceptors (Lipinski definition) is 2. The van der Waals surface area contributed by atoms with Crippen LogP contribution in [-0.2, 0) is 0 Å². The van der Waals surface area contributed by atoms with Gasteiger partial charge in [-0.1, -0.05) is 20.8 Å². The first-order valence-corrected chi connectivity index (χ1v) is 5.90. The van der Waals surface area contributed by atoms with E-state index in [4.69, 9.17) is 5.73 Å². The van der Waals surface area contributed by atoms with Crippen molar-refractivity contribution in [3.8, 4) is 0 Å². The third kappa shape index (κ3) is 1.96. The van der Waals surface area contributed by atoms with Crippen molar-refractivity contribution in [2.24, 2.45) is 17.1 Å². The molecule has 1 saturated carbocycles. The summed E-state index contributed by atoms with van der Waals surface area (Å²) in [5, 5.41) is 0. The van der Waals surface area contributed by atoms with Gasteiger partial charge in [0.1, 0.15) is 0 Å². The van der Waals surface area contributed by atoms with Gasteiger partial charge in [-0.05, 0) is 30.6 Å². The first-order valence-electron chi connectivity index (χ1n) is 5.90. The average molecular weight is 196 g/mol. The van der Waals surface area contributed by atoms with Crippen LogP contribution in [0.5, 0.6) is 0 Å². The second-order valence-electron chi connectivity index (χ2n) is 6.47. The zero-order valence-electron chi connectivity index (χ0n) is 9.84. The smallest absolute Gasteiger partial charge is 0.0283 e. The molecule has 0 spiro atoms. The summed E-state index contributed by atoms with van der Waals surface area (Å²) < 4.78 is 0. The Morgan fingerprint density at radius 1 is 1.29 bits per heavy atom. The Bertz CT molecular complexity index is 207. The Morgan fingerprint density at radius 2 is 1.86 bits per heavy atom. The lowest BCUT2D eigenvalue weighted by Crippen LogP contribution is -2.61. The maximum absolute atomic E-state index is 6.23. The molecule has 1 aliphatic heterocycles. The first kappa shape index (κ1) is 10.4. The fraction of sp³-hybridized carbons (Fsp3) is 1.00. The van der Waals surface area contributed by atoms with E-state index >= 15 is 0 Å². The monoisotopic (exact) mass is 196 g/mol.